The first kappa shape index (κ1) is 15.6. The molecule has 8 heteroatoms. The maximum atomic E-state index is 12.0. The van der Waals surface area contributed by atoms with Gasteiger partial charge >= 0.3 is 12.0 Å². The van der Waals surface area contributed by atoms with Crippen molar-refractivity contribution in [2.24, 2.45) is 0 Å². The molecule has 0 aromatic rings. The van der Waals surface area contributed by atoms with Crippen molar-refractivity contribution < 1.29 is 24.6 Å². The highest BCUT2D eigenvalue weighted by atomic mass is 16.4. The second kappa shape index (κ2) is 6.75. The van der Waals surface area contributed by atoms with Crippen LogP contribution in [0, 0.1) is 0 Å². The fraction of sp³-hybridized carbons (Fsp3) is 0.769. The predicted molar refractivity (Wildman–Crippen MR) is 72.6 cm³/mol. The van der Waals surface area contributed by atoms with Gasteiger partial charge in [0.25, 0.3) is 0 Å². The number of likely N-dealkylation sites (tertiary alicyclic amines) is 2. The van der Waals surface area contributed by atoms with Gasteiger partial charge in [-0.05, 0) is 19.3 Å². The number of β-amino-alcohol motifs (C(OH)–C–C–N with tert-alkyl or cyclic N) is 1. The fourth-order valence-corrected chi connectivity index (χ4v) is 2.78. The zero-order chi connectivity index (χ0) is 15.4. The third-order valence-electron chi connectivity index (χ3n) is 3.92. The normalized spacial score (nSPS) is 25.8. The zero-order valence-electron chi connectivity index (χ0n) is 11.8. The molecule has 0 saturated carbocycles. The van der Waals surface area contributed by atoms with E-state index in [-0.39, 0.29) is 25.4 Å². The van der Waals surface area contributed by atoms with Gasteiger partial charge in [-0.3, -0.25) is 4.79 Å². The van der Waals surface area contributed by atoms with Crippen LogP contribution in [0.5, 0.6) is 0 Å². The largest absolute Gasteiger partial charge is 0.480 e. The Kier molecular flexibility index (Phi) is 5.00. The van der Waals surface area contributed by atoms with E-state index in [4.69, 9.17) is 5.11 Å². The molecule has 2 saturated heterocycles. The quantitative estimate of drug-likeness (QED) is 0.634. The number of rotatable bonds is 3. The third-order valence-corrected chi connectivity index (χ3v) is 3.92. The second-order valence-electron chi connectivity index (χ2n) is 5.50. The van der Waals surface area contributed by atoms with Gasteiger partial charge in [-0.2, -0.15) is 0 Å². The Morgan fingerprint density at radius 1 is 1.14 bits per heavy atom. The van der Waals surface area contributed by atoms with Gasteiger partial charge in [0.05, 0.1) is 12.6 Å². The minimum absolute atomic E-state index is 0.0167. The van der Waals surface area contributed by atoms with Crippen molar-refractivity contribution in [2.45, 2.75) is 37.8 Å². The number of piperidine rings is 1. The van der Waals surface area contributed by atoms with Gasteiger partial charge in [-0.25, -0.2) is 9.59 Å². The first-order valence-corrected chi connectivity index (χ1v) is 7.22. The number of aliphatic carboxylic acids is 1. The van der Waals surface area contributed by atoms with E-state index in [0.29, 0.717) is 13.1 Å². The van der Waals surface area contributed by atoms with Crippen LogP contribution in [0.1, 0.15) is 25.7 Å². The van der Waals surface area contributed by atoms with Crippen LogP contribution in [0.15, 0.2) is 0 Å². The molecule has 0 spiro atoms. The molecule has 2 aliphatic rings. The van der Waals surface area contributed by atoms with Crippen LogP contribution in [0.25, 0.3) is 0 Å². The summed E-state index contributed by atoms with van der Waals surface area (Å²) in [5.41, 5.74) is 0. The van der Waals surface area contributed by atoms with Crippen LogP contribution in [-0.4, -0.2) is 76.2 Å². The van der Waals surface area contributed by atoms with Crippen LogP contribution < -0.4 is 5.32 Å². The molecular weight excluding hydrogens is 278 g/mol. The molecule has 8 nitrogen and oxygen atoms in total. The molecule has 2 atom stereocenters. The lowest BCUT2D eigenvalue weighted by Crippen LogP contribution is -2.49. The highest BCUT2D eigenvalue weighted by Gasteiger charge is 2.39. The highest BCUT2D eigenvalue weighted by Crippen LogP contribution is 2.18. The number of amides is 3. The molecule has 0 radical (unpaired) electrons. The summed E-state index contributed by atoms with van der Waals surface area (Å²) in [5.74, 6) is -1.31. The summed E-state index contributed by atoms with van der Waals surface area (Å²) in [5, 5.41) is 21.0. The monoisotopic (exact) mass is 299 g/mol. The number of carbonyl (C=O) groups is 3. The topological polar surface area (TPSA) is 110 Å². The number of carbonyl (C=O) groups excluding carboxylic acids is 2. The summed E-state index contributed by atoms with van der Waals surface area (Å²) in [6.45, 7) is 1.24. The summed E-state index contributed by atoms with van der Waals surface area (Å²) in [6.07, 6.45) is 2.23. The first-order chi connectivity index (χ1) is 9.99. The Morgan fingerprint density at radius 3 is 2.43 bits per heavy atom. The summed E-state index contributed by atoms with van der Waals surface area (Å²) in [7, 11) is 0. The van der Waals surface area contributed by atoms with Gasteiger partial charge < -0.3 is 25.3 Å². The molecule has 0 aromatic heterocycles. The molecule has 3 amide bonds. The summed E-state index contributed by atoms with van der Waals surface area (Å²) >= 11 is 0. The molecule has 2 unspecified atom stereocenters. The Labute approximate surface area is 122 Å². The molecular formula is C13H21N3O5. The fourth-order valence-electron chi connectivity index (χ4n) is 2.78. The smallest absolute Gasteiger partial charge is 0.326 e. The van der Waals surface area contributed by atoms with Crippen molar-refractivity contribution in [2.75, 3.05) is 26.2 Å². The Balaban J connectivity index is 1.83. The predicted octanol–water partition coefficient (Wildman–Crippen LogP) is -0.772. The van der Waals surface area contributed by atoms with Crippen molar-refractivity contribution in [3.63, 3.8) is 0 Å². The Morgan fingerprint density at radius 2 is 1.81 bits per heavy atom. The SMILES string of the molecule is O=C(O)C1CC(O)CN1C(=O)NCC(=O)N1CCCCC1. The Bertz CT molecular complexity index is 422. The van der Waals surface area contributed by atoms with Crippen LogP contribution in [0.2, 0.25) is 0 Å². The lowest BCUT2D eigenvalue weighted by Gasteiger charge is -2.27. The third kappa shape index (κ3) is 3.84. The minimum atomic E-state index is -1.15. The highest BCUT2D eigenvalue weighted by molar-refractivity contribution is 5.87. The Hall–Kier alpha value is -1.83. The van der Waals surface area contributed by atoms with Gasteiger partial charge in [-0.15, -0.1) is 0 Å². The number of carboxylic acids is 1. The van der Waals surface area contributed by atoms with E-state index in [2.05, 4.69) is 5.32 Å². The van der Waals surface area contributed by atoms with Crippen LogP contribution in [0.4, 0.5) is 4.79 Å². The number of nitrogens with zero attached hydrogens (tertiary/aromatic N) is 2. The molecule has 118 valence electrons. The van der Waals surface area contributed by atoms with Gasteiger partial charge in [-0.1, -0.05) is 0 Å². The van der Waals surface area contributed by atoms with E-state index in [1.54, 1.807) is 4.90 Å². The lowest BCUT2D eigenvalue weighted by atomic mass is 10.1. The lowest BCUT2D eigenvalue weighted by molar-refractivity contribution is -0.141. The molecule has 3 N–H and O–H groups in total. The van der Waals surface area contributed by atoms with Gasteiger partial charge in [0.2, 0.25) is 5.91 Å². The van der Waals surface area contributed by atoms with Crippen molar-refractivity contribution >= 4 is 17.9 Å². The second-order valence-corrected chi connectivity index (χ2v) is 5.50. The average molecular weight is 299 g/mol. The molecule has 2 rings (SSSR count). The molecule has 0 aromatic carbocycles. The number of hydrogen-bond acceptors (Lipinski definition) is 4. The molecule has 2 heterocycles. The van der Waals surface area contributed by atoms with Crippen molar-refractivity contribution in [1.29, 1.82) is 0 Å². The van der Waals surface area contributed by atoms with Crippen molar-refractivity contribution in [3.8, 4) is 0 Å². The van der Waals surface area contributed by atoms with Gasteiger partial charge in [0.1, 0.15) is 6.04 Å². The van der Waals surface area contributed by atoms with Gasteiger partial charge in [0, 0.05) is 26.1 Å². The van der Waals surface area contributed by atoms with Gasteiger partial charge in [0.15, 0.2) is 0 Å². The standard InChI is InChI=1S/C13H21N3O5/c17-9-6-10(12(19)20)16(8-9)13(21)14-7-11(18)15-4-2-1-3-5-15/h9-10,17H,1-8H2,(H,14,21)(H,19,20). The first-order valence-electron chi connectivity index (χ1n) is 7.22. The van der Waals surface area contributed by atoms with Crippen molar-refractivity contribution in [1.82, 2.24) is 15.1 Å². The van der Waals surface area contributed by atoms with E-state index >= 15 is 0 Å². The van der Waals surface area contributed by atoms with E-state index < -0.39 is 24.1 Å². The van der Waals surface area contributed by atoms with E-state index in [1.165, 1.54) is 0 Å². The summed E-state index contributed by atoms with van der Waals surface area (Å²) in [4.78, 5) is 37.7. The maximum absolute atomic E-state index is 12.0. The van der Waals surface area contributed by atoms with Crippen LogP contribution >= 0.6 is 0 Å². The number of carboxylic acid groups (broad SMARTS) is 1. The van der Waals surface area contributed by atoms with Crippen molar-refractivity contribution in [3.05, 3.63) is 0 Å². The molecule has 2 aliphatic heterocycles. The van der Waals surface area contributed by atoms with E-state index in [1.807, 2.05) is 0 Å². The summed E-state index contributed by atoms with van der Waals surface area (Å²) < 4.78 is 0. The molecule has 21 heavy (non-hydrogen) atoms. The maximum Gasteiger partial charge on any atom is 0.326 e. The number of aliphatic hydroxyl groups is 1. The number of urea groups is 1. The van der Waals surface area contributed by atoms with Crippen LogP contribution in [0.3, 0.4) is 0 Å². The zero-order valence-corrected chi connectivity index (χ0v) is 11.8. The minimum Gasteiger partial charge on any atom is -0.480 e. The number of hydrogen-bond donors (Lipinski definition) is 3. The van der Waals surface area contributed by atoms with Crippen LogP contribution in [-0.2, 0) is 9.59 Å². The van der Waals surface area contributed by atoms with E-state index in [0.717, 1.165) is 24.2 Å². The van der Waals surface area contributed by atoms with E-state index in [9.17, 15) is 19.5 Å². The molecule has 0 bridgehead atoms. The number of nitrogens with one attached hydrogen (secondary N) is 1. The molecule has 0 aliphatic carbocycles. The molecule has 2 fully saturated rings. The average Bonchev–Trinajstić information content (AvgIpc) is 2.87. The summed E-state index contributed by atoms with van der Waals surface area (Å²) in [6, 6.07) is -1.66. The number of aliphatic hydroxyl groups excluding tert-OH is 1.